The molecule has 1 heterocycles. The number of carbonyl (C=O) groups excluding carboxylic acids is 1. The van der Waals surface area contributed by atoms with E-state index in [1.807, 2.05) is 77.4 Å². The maximum atomic E-state index is 13.0. The Labute approximate surface area is 180 Å². The number of amides is 1. The molecule has 156 valence electrons. The molecule has 31 heavy (non-hydrogen) atoms. The molecule has 1 amide bonds. The molecule has 0 unspecified atom stereocenters. The lowest BCUT2D eigenvalue weighted by Gasteiger charge is -2.16. The number of ether oxygens (including phenoxy) is 1. The average molecular weight is 412 g/mol. The monoisotopic (exact) mass is 412 g/mol. The molecule has 5 rings (SSSR count). The van der Waals surface area contributed by atoms with Crippen molar-refractivity contribution in [2.45, 2.75) is 38.3 Å². The molecule has 1 aromatic heterocycles. The van der Waals surface area contributed by atoms with E-state index in [1.54, 1.807) is 0 Å². The first kappa shape index (κ1) is 19.4. The standard InChI is InChI=1S/C26H24N2O3/c29-25(27-18-8-7-11-20(16-18)31-19-9-1-2-10-19)17-28-23-14-5-3-12-21(23)26(30)22-13-4-6-15-24(22)28/h3-8,11-16,19H,1-2,9-10,17H2,(H,27,29). The van der Waals surface area contributed by atoms with Crippen LogP contribution in [0.3, 0.4) is 0 Å². The molecule has 1 fully saturated rings. The van der Waals surface area contributed by atoms with Gasteiger partial charge in [0.2, 0.25) is 5.91 Å². The maximum Gasteiger partial charge on any atom is 0.244 e. The Kier molecular flexibility index (Phi) is 5.16. The van der Waals surface area contributed by atoms with E-state index in [0.29, 0.717) is 16.5 Å². The Morgan fingerprint density at radius 3 is 2.23 bits per heavy atom. The van der Waals surface area contributed by atoms with Crippen LogP contribution in [0.2, 0.25) is 0 Å². The zero-order chi connectivity index (χ0) is 21.2. The van der Waals surface area contributed by atoms with Gasteiger partial charge in [-0.15, -0.1) is 0 Å². The van der Waals surface area contributed by atoms with Crippen LogP contribution >= 0.6 is 0 Å². The van der Waals surface area contributed by atoms with E-state index >= 15 is 0 Å². The zero-order valence-corrected chi connectivity index (χ0v) is 17.2. The average Bonchev–Trinajstić information content (AvgIpc) is 3.30. The molecular weight excluding hydrogens is 388 g/mol. The van der Waals surface area contributed by atoms with Crippen molar-refractivity contribution in [1.82, 2.24) is 4.57 Å². The molecule has 1 N–H and O–H groups in total. The Balaban J connectivity index is 1.43. The van der Waals surface area contributed by atoms with Gasteiger partial charge in [0.1, 0.15) is 12.3 Å². The van der Waals surface area contributed by atoms with Gasteiger partial charge < -0.3 is 14.6 Å². The second kappa shape index (κ2) is 8.26. The van der Waals surface area contributed by atoms with Crippen LogP contribution in [0, 0.1) is 0 Å². The van der Waals surface area contributed by atoms with E-state index in [4.69, 9.17) is 4.74 Å². The summed E-state index contributed by atoms with van der Waals surface area (Å²) in [6.07, 6.45) is 4.86. The SMILES string of the molecule is O=C(Cn1c2ccccc2c(=O)c2ccccc21)Nc1cccc(OC2CCCC2)c1. The molecule has 1 saturated carbocycles. The van der Waals surface area contributed by atoms with Crippen LogP contribution in [0.4, 0.5) is 5.69 Å². The molecule has 0 saturated heterocycles. The molecule has 0 atom stereocenters. The summed E-state index contributed by atoms with van der Waals surface area (Å²) in [5.41, 5.74) is 2.19. The summed E-state index contributed by atoms with van der Waals surface area (Å²) in [4.78, 5) is 25.8. The Hall–Kier alpha value is -3.60. The van der Waals surface area contributed by atoms with Crippen LogP contribution in [0.1, 0.15) is 25.7 Å². The lowest BCUT2D eigenvalue weighted by atomic mass is 10.1. The van der Waals surface area contributed by atoms with Crippen LogP contribution in [-0.2, 0) is 11.3 Å². The van der Waals surface area contributed by atoms with Gasteiger partial charge in [0.05, 0.1) is 17.1 Å². The topological polar surface area (TPSA) is 60.3 Å². The molecule has 0 aliphatic heterocycles. The third-order valence-corrected chi connectivity index (χ3v) is 5.90. The molecular formula is C26H24N2O3. The van der Waals surface area contributed by atoms with Crippen molar-refractivity contribution in [2.75, 3.05) is 5.32 Å². The third kappa shape index (κ3) is 3.91. The summed E-state index contributed by atoms with van der Waals surface area (Å²) in [6.45, 7) is 0.106. The highest BCUT2D eigenvalue weighted by Gasteiger charge is 2.17. The number of rotatable bonds is 5. The van der Waals surface area contributed by atoms with E-state index in [-0.39, 0.29) is 24.0 Å². The zero-order valence-electron chi connectivity index (χ0n) is 17.2. The first-order valence-corrected chi connectivity index (χ1v) is 10.8. The molecule has 5 nitrogen and oxygen atoms in total. The Morgan fingerprint density at radius 1 is 0.903 bits per heavy atom. The minimum atomic E-state index is -0.156. The Morgan fingerprint density at radius 2 is 1.55 bits per heavy atom. The van der Waals surface area contributed by atoms with Crippen LogP contribution < -0.4 is 15.5 Å². The minimum absolute atomic E-state index is 0.0142. The predicted molar refractivity (Wildman–Crippen MR) is 124 cm³/mol. The molecule has 1 aliphatic rings. The fourth-order valence-corrected chi connectivity index (χ4v) is 4.44. The number of nitrogens with one attached hydrogen (secondary N) is 1. The van der Waals surface area contributed by atoms with Gasteiger partial charge in [0.25, 0.3) is 0 Å². The number of aromatic nitrogens is 1. The smallest absolute Gasteiger partial charge is 0.244 e. The first-order chi connectivity index (χ1) is 15.2. The number of hydrogen-bond acceptors (Lipinski definition) is 3. The Bertz CT molecular complexity index is 1260. The fraction of sp³-hybridized carbons (Fsp3) is 0.231. The molecule has 0 bridgehead atoms. The molecule has 0 radical (unpaired) electrons. The number of para-hydroxylation sites is 2. The van der Waals surface area contributed by atoms with Crippen molar-refractivity contribution in [3.8, 4) is 5.75 Å². The lowest BCUT2D eigenvalue weighted by Crippen LogP contribution is -2.21. The number of anilines is 1. The van der Waals surface area contributed by atoms with Gasteiger partial charge in [-0.1, -0.05) is 30.3 Å². The van der Waals surface area contributed by atoms with Crippen LogP contribution in [0.25, 0.3) is 21.8 Å². The van der Waals surface area contributed by atoms with Crippen molar-refractivity contribution < 1.29 is 9.53 Å². The first-order valence-electron chi connectivity index (χ1n) is 10.8. The van der Waals surface area contributed by atoms with Gasteiger partial charge in [-0.2, -0.15) is 0 Å². The quantitative estimate of drug-likeness (QED) is 0.463. The van der Waals surface area contributed by atoms with Gasteiger partial charge in [0.15, 0.2) is 5.43 Å². The van der Waals surface area contributed by atoms with Crippen molar-refractivity contribution in [3.05, 3.63) is 83.0 Å². The largest absolute Gasteiger partial charge is 0.490 e. The summed E-state index contributed by atoms with van der Waals surface area (Å²) in [6, 6.07) is 22.4. The van der Waals surface area contributed by atoms with E-state index in [2.05, 4.69) is 5.32 Å². The van der Waals surface area contributed by atoms with Crippen LogP contribution in [0.15, 0.2) is 77.6 Å². The van der Waals surface area contributed by atoms with E-state index < -0.39 is 0 Å². The lowest BCUT2D eigenvalue weighted by molar-refractivity contribution is -0.116. The van der Waals surface area contributed by atoms with Crippen LogP contribution in [0.5, 0.6) is 5.75 Å². The second-order valence-electron chi connectivity index (χ2n) is 8.05. The van der Waals surface area contributed by atoms with Gasteiger partial charge in [0, 0.05) is 22.5 Å². The van der Waals surface area contributed by atoms with E-state index in [0.717, 1.165) is 29.6 Å². The fourth-order valence-electron chi connectivity index (χ4n) is 4.44. The number of fused-ring (bicyclic) bond motifs is 2. The highest BCUT2D eigenvalue weighted by molar-refractivity contribution is 5.97. The van der Waals surface area contributed by atoms with Crippen molar-refractivity contribution in [3.63, 3.8) is 0 Å². The second-order valence-corrected chi connectivity index (χ2v) is 8.05. The van der Waals surface area contributed by atoms with Crippen molar-refractivity contribution in [1.29, 1.82) is 0 Å². The number of carbonyl (C=O) groups is 1. The molecule has 1 aliphatic carbocycles. The third-order valence-electron chi connectivity index (χ3n) is 5.90. The van der Waals surface area contributed by atoms with E-state index in [1.165, 1.54) is 12.8 Å². The van der Waals surface area contributed by atoms with Gasteiger partial charge in [-0.05, 0) is 62.1 Å². The summed E-state index contributed by atoms with van der Waals surface area (Å²) in [5, 5.41) is 4.21. The molecule has 5 heteroatoms. The highest BCUT2D eigenvalue weighted by atomic mass is 16.5. The van der Waals surface area contributed by atoms with Crippen molar-refractivity contribution >= 4 is 33.4 Å². The summed E-state index contributed by atoms with van der Waals surface area (Å²) < 4.78 is 7.96. The summed E-state index contributed by atoms with van der Waals surface area (Å²) in [7, 11) is 0. The number of nitrogens with zero attached hydrogens (tertiary/aromatic N) is 1. The maximum absolute atomic E-state index is 13.0. The number of hydrogen-bond donors (Lipinski definition) is 1. The number of pyridine rings is 1. The summed E-state index contributed by atoms with van der Waals surface area (Å²) in [5.74, 6) is 0.626. The van der Waals surface area contributed by atoms with Crippen molar-refractivity contribution in [2.24, 2.45) is 0 Å². The van der Waals surface area contributed by atoms with E-state index in [9.17, 15) is 9.59 Å². The predicted octanol–water partition coefficient (Wildman–Crippen LogP) is 5.11. The number of benzene rings is 3. The van der Waals surface area contributed by atoms with Crippen LogP contribution in [-0.4, -0.2) is 16.6 Å². The van der Waals surface area contributed by atoms with Gasteiger partial charge >= 0.3 is 0 Å². The van der Waals surface area contributed by atoms with Gasteiger partial charge in [-0.25, -0.2) is 0 Å². The molecule has 4 aromatic rings. The minimum Gasteiger partial charge on any atom is -0.490 e. The normalized spacial score (nSPS) is 14.2. The molecule has 0 spiro atoms. The summed E-state index contributed by atoms with van der Waals surface area (Å²) >= 11 is 0. The van der Waals surface area contributed by atoms with Gasteiger partial charge in [-0.3, -0.25) is 9.59 Å². The molecule has 3 aromatic carbocycles. The highest BCUT2D eigenvalue weighted by Crippen LogP contribution is 2.26.